The summed E-state index contributed by atoms with van der Waals surface area (Å²) in [7, 11) is 1.37. The third-order valence-corrected chi connectivity index (χ3v) is 2.74. The Hall–Kier alpha value is -1.62. The van der Waals surface area contributed by atoms with Crippen LogP contribution in [-0.2, 0) is 9.53 Å². The van der Waals surface area contributed by atoms with Gasteiger partial charge in [0.2, 0.25) is 0 Å². The molecule has 0 radical (unpaired) electrons. The van der Waals surface area contributed by atoms with Gasteiger partial charge in [0, 0.05) is 17.6 Å². The van der Waals surface area contributed by atoms with Crippen LogP contribution in [0.4, 0.5) is 9.18 Å². The number of amides is 1. The molecule has 110 valence electrons. The highest BCUT2D eigenvalue weighted by Gasteiger charge is 2.28. The lowest BCUT2D eigenvalue weighted by Gasteiger charge is -2.28. The Kier molecular flexibility index (Phi) is 5.11. The first kappa shape index (κ1) is 16.4. The van der Waals surface area contributed by atoms with Gasteiger partial charge >= 0.3 is 6.09 Å². The molecule has 0 aliphatic heterocycles. The van der Waals surface area contributed by atoms with Crippen LogP contribution in [0.3, 0.4) is 0 Å². The molecule has 0 saturated heterocycles. The zero-order valence-electron chi connectivity index (χ0n) is 11.8. The Balaban J connectivity index is 3.04. The molecule has 0 aliphatic rings. The topological polar surface area (TPSA) is 46.6 Å². The second kappa shape index (κ2) is 6.22. The predicted octanol–water partition coefficient (Wildman–Crippen LogP) is 3.59. The number of benzene rings is 1. The highest BCUT2D eigenvalue weighted by molar-refractivity contribution is 6.30. The largest absolute Gasteiger partial charge is 0.444 e. The molecule has 0 bridgehead atoms. The van der Waals surface area contributed by atoms with Crippen molar-refractivity contribution in [3.05, 3.63) is 34.6 Å². The van der Waals surface area contributed by atoms with Crippen LogP contribution in [0.15, 0.2) is 18.2 Å². The summed E-state index contributed by atoms with van der Waals surface area (Å²) in [5.74, 6) is -0.609. The fourth-order valence-corrected chi connectivity index (χ4v) is 1.74. The molecule has 1 rings (SSSR count). The molecule has 4 nitrogen and oxygen atoms in total. The maximum atomic E-state index is 13.8. The lowest BCUT2D eigenvalue weighted by atomic mass is 10.1. The normalized spacial score (nSPS) is 12.7. The minimum Gasteiger partial charge on any atom is -0.444 e. The SMILES string of the molecule is CN(C(=O)OC(C)(C)C)C(C=O)c1cc(Cl)ccc1F. The monoisotopic (exact) mass is 301 g/mol. The van der Waals surface area contributed by atoms with Gasteiger partial charge in [-0.2, -0.15) is 0 Å². The smallest absolute Gasteiger partial charge is 0.410 e. The van der Waals surface area contributed by atoms with Crippen LogP contribution < -0.4 is 0 Å². The van der Waals surface area contributed by atoms with E-state index in [2.05, 4.69) is 0 Å². The second-order valence-corrected chi connectivity index (χ2v) is 5.77. The number of nitrogens with zero attached hydrogens (tertiary/aromatic N) is 1. The van der Waals surface area contributed by atoms with E-state index < -0.39 is 23.6 Å². The van der Waals surface area contributed by atoms with Crippen molar-refractivity contribution in [2.75, 3.05) is 7.05 Å². The van der Waals surface area contributed by atoms with Crippen LogP contribution in [0.2, 0.25) is 5.02 Å². The minimum absolute atomic E-state index is 0.0286. The molecule has 0 aliphatic carbocycles. The van der Waals surface area contributed by atoms with Gasteiger partial charge in [0.25, 0.3) is 0 Å². The van der Waals surface area contributed by atoms with Crippen LogP contribution >= 0.6 is 11.6 Å². The number of ether oxygens (including phenoxy) is 1. The lowest BCUT2D eigenvalue weighted by molar-refractivity contribution is -0.112. The van der Waals surface area contributed by atoms with Crippen molar-refractivity contribution < 1.29 is 18.7 Å². The molecule has 1 aromatic rings. The van der Waals surface area contributed by atoms with Gasteiger partial charge in [0.1, 0.15) is 23.7 Å². The molecular weight excluding hydrogens is 285 g/mol. The van der Waals surface area contributed by atoms with E-state index in [1.54, 1.807) is 20.8 Å². The number of carbonyl (C=O) groups is 2. The van der Waals surface area contributed by atoms with E-state index in [9.17, 15) is 14.0 Å². The maximum absolute atomic E-state index is 13.8. The number of aldehydes is 1. The summed E-state index contributed by atoms with van der Waals surface area (Å²) in [5.41, 5.74) is -0.674. The molecular formula is C14H17ClFNO3. The lowest BCUT2D eigenvalue weighted by Crippen LogP contribution is -2.37. The molecule has 1 unspecified atom stereocenters. The third kappa shape index (κ3) is 4.20. The van der Waals surface area contributed by atoms with Gasteiger partial charge < -0.3 is 9.53 Å². The van der Waals surface area contributed by atoms with Gasteiger partial charge in [0.15, 0.2) is 0 Å². The fourth-order valence-electron chi connectivity index (χ4n) is 1.56. The van der Waals surface area contributed by atoms with Crippen LogP contribution in [0.25, 0.3) is 0 Å². The van der Waals surface area contributed by atoms with E-state index in [0.717, 1.165) is 11.0 Å². The van der Waals surface area contributed by atoms with Gasteiger partial charge in [0.05, 0.1) is 0 Å². The standard InChI is InChI=1S/C14H17ClFNO3/c1-14(2,3)20-13(19)17(4)12(8-18)10-7-9(15)5-6-11(10)16/h5-8,12H,1-4H3. The maximum Gasteiger partial charge on any atom is 0.410 e. The summed E-state index contributed by atoms with van der Waals surface area (Å²) in [5, 5.41) is 0.283. The van der Waals surface area contributed by atoms with E-state index in [1.165, 1.54) is 19.2 Å². The van der Waals surface area contributed by atoms with E-state index in [1.807, 2.05) is 0 Å². The first-order valence-corrected chi connectivity index (χ1v) is 6.39. The molecule has 0 saturated carbocycles. The van der Waals surface area contributed by atoms with Crippen LogP contribution in [0.1, 0.15) is 32.4 Å². The number of hydrogen-bond donors (Lipinski definition) is 0. The van der Waals surface area contributed by atoms with Crippen LogP contribution in [0, 0.1) is 5.82 Å². The first-order valence-electron chi connectivity index (χ1n) is 6.02. The second-order valence-electron chi connectivity index (χ2n) is 5.34. The molecule has 0 fully saturated rings. The summed E-state index contributed by atoms with van der Waals surface area (Å²) < 4.78 is 18.9. The molecule has 1 aromatic carbocycles. The third-order valence-electron chi connectivity index (χ3n) is 2.50. The highest BCUT2D eigenvalue weighted by Crippen LogP contribution is 2.25. The van der Waals surface area contributed by atoms with Crippen molar-refractivity contribution in [2.24, 2.45) is 0 Å². The summed E-state index contributed by atoms with van der Waals surface area (Å²) in [6.07, 6.45) is -0.243. The number of rotatable bonds is 3. The number of halogens is 2. The zero-order chi connectivity index (χ0) is 15.5. The Labute approximate surface area is 122 Å². The van der Waals surface area contributed by atoms with Crippen molar-refractivity contribution in [1.29, 1.82) is 0 Å². The Morgan fingerprint density at radius 2 is 2.05 bits per heavy atom. The Bertz CT molecular complexity index is 514. The Morgan fingerprint density at radius 1 is 1.45 bits per heavy atom. The van der Waals surface area contributed by atoms with Crippen LogP contribution in [-0.4, -0.2) is 29.9 Å². The fraction of sp³-hybridized carbons (Fsp3) is 0.429. The van der Waals surface area contributed by atoms with Crippen LogP contribution in [0.5, 0.6) is 0 Å². The molecule has 0 spiro atoms. The zero-order valence-corrected chi connectivity index (χ0v) is 12.6. The van der Waals surface area contributed by atoms with Gasteiger partial charge in [-0.15, -0.1) is 0 Å². The van der Waals surface area contributed by atoms with E-state index in [4.69, 9.17) is 16.3 Å². The number of likely N-dealkylation sites (N-methyl/N-ethyl adjacent to an activating group) is 1. The first-order chi connectivity index (χ1) is 9.15. The number of hydrogen-bond acceptors (Lipinski definition) is 3. The van der Waals surface area contributed by atoms with E-state index in [0.29, 0.717) is 6.29 Å². The number of carbonyl (C=O) groups excluding carboxylic acids is 2. The van der Waals surface area contributed by atoms with E-state index in [-0.39, 0.29) is 10.6 Å². The molecule has 1 amide bonds. The minimum atomic E-state index is -1.09. The highest BCUT2D eigenvalue weighted by atomic mass is 35.5. The Morgan fingerprint density at radius 3 is 2.55 bits per heavy atom. The van der Waals surface area contributed by atoms with Crippen molar-refractivity contribution in [3.63, 3.8) is 0 Å². The molecule has 20 heavy (non-hydrogen) atoms. The average molecular weight is 302 g/mol. The molecule has 0 heterocycles. The summed E-state index contributed by atoms with van der Waals surface area (Å²) in [6, 6.07) is 2.74. The average Bonchev–Trinajstić information content (AvgIpc) is 2.32. The van der Waals surface area contributed by atoms with Crippen molar-refractivity contribution in [2.45, 2.75) is 32.4 Å². The van der Waals surface area contributed by atoms with E-state index >= 15 is 0 Å². The molecule has 0 aromatic heterocycles. The molecule has 6 heteroatoms. The van der Waals surface area contributed by atoms with Gasteiger partial charge in [-0.3, -0.25) is 4.90 Å². The summed E-state index contributed by atoms with van der Waals surface area (Å²) in [4.78, 5) is 24.2. The van der Waals surface area contributed by atoms with Crippen molar-refractivity contribution >= 4 is 24.0 Å². The van der Waals surface area contributed by atoms with Gasteiger partial charge in [-0.1, -0.05) is 11.6 Å². The van der Waals surface area contributed by atoms with Gasteiger partial charge in [-0.25, -0.2) is 9.18 Å². The van der Waals surface area contributed by atoms with Crippen molar-refractivity contribution in [1.82, 2.24) is 4.90 Å². The summed E-state index contributed by atoms with van der Waals surface area (Å²) in [6.45, 7) is 5.11. The molecule has 1 atom stereocenters. The quantitative estimate of drug-likeness (QED) is 0.802. The molecule has 0 N–H and O–H groups in total. The van der Waals surface area contributed by atoms with Crippen molar-refractivity contribution in [3.8, 4) is 0 Å². The predicted molar refractivity (Wildman–Crippen MR) is 74.2 cm³/mol. The van der Waals surface area contributed by atoms with Gasteiger partial charge in [-0.05, 0) is 39.0 Å². The summed E-state index contributed by atoms with van der Waals surface area (Å²) >= 11 is 5.79.